The molecule has 0 spiro atoms. The molecule has 1 aromatic rings. The number of carbonyl (C=O) groups excluding carboxylic acids is 1. The van der Waals surface area contributed by atoms with E-state index in [9.17, 15) is 9.00 Å². The van der Waals surface area contributed by atoms with Crippen molar-refractivity contribution in [1.82, 2.24) is 5.32 Å². The third-order valence-corrected chi connectivity index (χ3v) is 2.75. The lowest BCUT2D eigenvalue weighted by Crippen LogP contribution is -2.23. The Bertz CT molecular complexity index is 363. The summed E-state index contributed by atoms with van der Waals surface area (Å²) in [4.78, 5) is 12.1. The van der Waals surface area contributed by atoms with Crippen LogP contribution in [0.2, 0.25) is 0 Å². The molecule has 14 heavy (non-hydrogen) atoms. The lowest BCUT2D eigenvalue weighted by molar-refractivity contribution is 0.0953. The molecule has 3 nitrogen and oxygen atoms in total. The van der Waals surface area contributed by atoms with Gasteiger partial charge in [0.1, 0.15) is 0 Å². The van der Waals surface area contributed by atoms with E-state index in [0.717, 1.165) is 0 Å². The molecule has 0 aliphatic heterocycles. The van der Waals surface area contributed by atoms with Gasteiger partial charge in [0.25, 0.3) is 5.91 Å². The van der Waals surface area contributed by atoms with Gasteiger partial charge in [-0.25, -0.2) is 0 Å². The van der Waals surface area contributed by atoms with Gasteiger partial charge in [-0.1, -0.05) is 12.1 Å². The number of amides is 1. The summed E-state index contributed by atoms with van der Waals surface area (Å²) in [5.74, 6) is -0.168. The van der Waals surface area contributed by atoms with Gasteiger partial charge in [0.05, 0.1) is 21.3 Å². The molecule has 0 saturated heterocycles. The van der Waals surface area contributed by atoms with E-state index in [1.54, 1.807) is 30.5 Å². The van der Waals surface area contributed by atoms with Crippen molar-refractivity contribution in [2.75, 3.05) is 12.8 Å². The van der Waals surface area contributed by atoms with E-state index in [0.29, 0.717) is 17.0 Å². The van der Waals surface area contributed by atoms with Gasteiger partial charge in [-0.3, -0.25) is 9.00 Å². The van der Waals surface area contributed by atoms with E-state index in [2.05, 4.69) is 5.32 Å². The predicted molar refractivity (Wildman–Crippen MR) is 56.8 cm³/mol. The van der Waals surface area contributed by atoms with Crippen molar-refractivity contribution in [2.24, 2.45) is 0 Å². The van der Waals surface area contributed by atoms with Crippen molar-refractivity contribution in [2.45, 2.75) is 11.8 Å². The zero-order chi connectivity index (χ0) is 10.6. The number of nitrogens with one attached hydrogen (secondary N) is 1. The molecule has 4 heteroatoms. The van der Waals surface area contributed by atoms with Crippen LogP contribution in [0.25, 0.3) is 0 Å². The molecule has 1 N–H and O–H groups in total. The third-order valence-electron chi connectivity index (χ3n) is 1.78. The Morgan fingerprint density at radius 1 is 1.43 bits per heavy atom. The Morgan fingerprint density at radius 2 is 2.07 bits per heavy atom. The van der Waals surface area contributed by atoms with Gasteiger partial charge >= 0.3 is 0 Å². The fraction of sp³-hybridized carbons (Fsp3) is 0.300. The molecule has 0 radical (unpaired) electrons. The molecule has 0 aliphatic rings. The first-order valence-electron chi connectivity index (χ1n) is 4.37. The van der Waals surface area contributed by atoms with Gasteiger partial charge in [-0.15, -0.1) is 0 Å². The zero-order valence-corrected chi connectivity index (χ0v) is 9.06. The first-order valence-corrected chi connectivity index (χ1v) is 5.93. The summed E-state index contributed by atoms with van der Waals surface area (Å²) in [5, 5.41) is 2.68. The predicted octanol–water partition coefficient (Wildman–Crippen LogP) is 1.17. The summed E-state index contributed by atoms with van der Waals surface area (Å²) in [6, 6.07) is 6.93. The lowest BCUT2D eigenvalue weighted by atomic mass is 10.2. The molecular weight excluding hydrogens is 198 g/mol. The van der Waals surface area contributed by atoms with Gasteiger partial charge in [0, 0.05) is 12.8 Å². The van der Waals surface area contributed by atoms with Gasteiger partial charge in [0.15, 0.2) is 0 Å². The highest BCUT2D eigenvalue weighted by atomic mass is 32.2. The molecular formula is C10H13NO2S. The highest BCUT2D eigenvalue weighted by Crippen LogP contribution is 2.11. The number of hydrogen-bond donors (Lipinski definition) is 1. The van der Waals surface area contributed by atoms with E-state index in [1.807, 2.05) is 6.92 Å². The minimum absolute atomic E-state index is 0.168. The summed E-state index contributed by atoms with van der Waals surface area (Å²) in [6.45, 7) is 2.42. The molecule has 0 aliphatic carbocycles. The Hall–Kier alpha value is -1.16. The van der Waals surface area contributed by atoms with Crippen molar-refractivity contribution >= 4 is 16.7 Å². The molecule has 1 amide bonds. The molecule has 76 valence electrons. The molecule has 1 atom stereocenters. The maximum atomic E-state index is 11.5. The third kappa shape index (κ3) is 2.42. The second-order valence-electron chi connectivity index (χ2n) is 2.81. The van der Waals surface area contributed by atoms with Crippen LogP contribution in [0.5, 0.6) is 0 Å². The first kappa shape index (κ1) is 10.9. The number of benzene rings is 1. The minimum Gasteiger partial charge on any atom is -0.352 e. The van der Waals surface area contributed by atoms with Gasteiger partial charge in [0.2, 0.25) is 0 Å². The van der Waals surface area contributed by atoms with Crippen molar-refractivity contribution < 1.29 is 9.00 Å². The summed E-state index contributed by atoms with van der Waals surface area (Å²) >= 11 is 0. The molecule has 0 bridgehead atoms. The van der Waals surface area contributed by atoms with Crippen LogP contribution in [0.15, 0.2) is 29.2 Å². The number of hydrogen-bond acceptors (Lipinski definition) is 2. The second kappa shape index (κ2) is 4.91. The zero-order valence-electron chi connectivity index (χ0n) is 8.24. The van der Waals surface area contributed by atoms with E-state index < -0.39 is 10.8 Å². The smallest absolute Gasteiger partial charge is 0.252 e. The fourth-order valence-corrected chi connectivity index (χ4v) is 1.90. The maximum Gasteiger partial charge on any atom is 0.252 e. The van der Waals surface area contributed by atoms with Gasteiger partial charge in [-0.2, -0.15) is 0 Å². The standard InChI is InChI=1S/C10H13NO2S/c1-3-11-10(12)8-6-4-5-7-9(8)14(2)13/h4-7H,3H2,1-2H3,(H,11,12)/t14-/m0/s1. The number of rotatable bonds is 3. The SMILES string of the molecule is CCNC(=O)c1ccccc1[S@](C)=O. The maximum absolute atomic E-state index is 11.5. The molecule has 0 saturated carbocycles. The van der Waals surface area contributed by atoms with Crippen molar-refractivity contribution in [1.29, 1.82) is 0 Å². The largest absolute Gasteiger partial charge is 0.352 e. The van der Waals surface area contributed by atoms with Gasteiger partial charge < -0.3 is 5.32 Å². The Morgan fingerprint density at radius 3 is 2.64 bits per heavy atom. The van der Waals surface area contributed by atoms with E-state index in [4.69, 9.17) is 0 Å². The van der Waals surface area contributed by atoms with Crippen molar-refractivity contribution in [3.63, 3.8) is 0 Å². The van der Waals surface area contributed by atoms with E-state index in [-0.39, 0.29) is 5.91 Å². The van der Waals surface area contributed by atoms with Gasteiger partial charge in [-0.05, 0) is 19.1 Å². The highest BCUT2D eigenvalue weighted by Gasteiger charge is 2.11. The van der Waals surface area contributed by atoms with Crippen LogP contribution in [-0.4, -0.2) is 22.9 Å². The molecule has 0 fully saturated rings. The molecule has 0 aromatic heterocycles. The highest BCUT2D eigenvalue weighted by molar-refractivity contribution is 7.84. The topological polar surface area (TPSA) is 46.2 Å². The van der Waals surface area contributed by atoms with E-state index >= 15 is 0 Å². The summed E-state index contributed by atoms with van der Waals surface area (Å²) in [6.07, 6.45) is 1.57. The second-order valence-corrected chi connectivity index (χ2v) is 4.16. The normalized spacial score (nSPS) is 12.1. The van der Waals surface area contributed by atoms with Crippen LogP contribution >= 0.6 is 0 Å². The van der Waals surface area contributed by atoms with Crippen molar-refractivity contribution in [3.05, 3.63) is 29.8 Å². The summed E-state index contributed by atoms with van der Waals surface area (Å²) in [5.41, 5.74) is 0.496. The van der Waals surface area contributed by atoms with E-state index in [1.165, 1.54) is 0 Å². The number of carbonyl (C=O) groups is 1. The quantitative estimate of drug-likeness (QED) is 0.816. The van der Waals surface area contributed by atoms with Crippen LogP contribution in [0.1, 0.15) is 17.3 Å². The fourth-order valence-electron chi connectivity index (χ4n) is 1.16. The Labute approximate surface area is 86.0 Å². The molecule has 0 unspecified atom stereocenters. The average Bonchev–Trinajstić information content (AvgIpc) is 2.18. The van der Waals surface area contributed by atoms with Crippen LogP contribution in [0.4, 0.5) is 0 Å². The Kier molecular flexibility index (Phi) is 3.83. The lowest BCUT2D eigenvalue weighted by Gasteiger charge is -2.06. The van der Waals surface area contributed by atoms with Crippen LogP contribution in [0.3, 0.4) is 0 Å². The van der Waals surface area contributed by atoms with Crippen LogP contribution in [0, 0.1) is 0 Å². The Balaban J connectivity index is 3.07. The molecule has 0 heterocycles. The minimum atomic E-state index is -1.13. The van der Waals surface area contributed by atoms with Crippen molar-refractivity contribution in [3.8, 4) is 0 Å². The van der Waals surface area contributed by atoms with Crippen LogP contribution in [-0.2, 0) is 10.8 Å². The summed E-state index contributed by atoms with van der Waals surface area (Å²) in [7, 11) is -1.13. The van der Waals surface area contributed by atoms with Crippen LogP contribution < -0.4 is 5.32 Å². The monoisotopic (exact) mass is 211 g/mol. The molecule has 1 aromatic carbocycles. The first-order chi connectivity index (χ1) is 6.66. The summed E-state index contributed by atoms with van der Waals surface area (Å²) < 4.78 is 11.3. The molecule has 1 rings (SSSR count). The average molecular weight is 211 g/mol.